The predicted octanol–water partition coefficient (Wildman–Crippen LogP) is 4.17. The van der Waals surface area contributed by atoms with Gasteiger partial charge < -0.3 is 9.80 Å². The van der Waals surface area contributed by atoms with E-state index in [4.69, 9.17) is 11.6 Å². The molecule has 0 aliphatic heterocycles. The van der Waals surface area contributed by atoms with Gasteiger partial charge in [0.25, 0.3) is 0 Å². The molecule has 2 aromatic carbocycles. The summed E-state index contributed by atoms with van der Waals surface area (Å²) in [5.41, 5.74) is 1.96. The maximum atomic E-state index is 12.6. The fourth-order valence-corrected chi connectivity index (χ4v) is 3.07. The Kier molecular flexibility index (Phi) is 7.67. The Morgan fingerprint density at radius 1 is 1.00 bits per heavy atom. The summed E-state index contributed by atoms with van der Waals surface area (Å²) < 4.78 is 0. The summed E-state index contributed by atoms with van der Waals surface area (Å²) in [6, 6.07) is 17.2. The largest absolute Gasteiger partial charge is 0.342 e. The molecule has 2 rings (SSSR count). The molecule has 0 aliphatic rings. The molecule has 0 N–H and O–H groups in total. The van der Waals surface area contributed by atoms with Gasteiger partial charge in [-0.05, 0) is 43.2 Å². The van der Waals surface area contributed by atoms with Gasteiger partial charge in [-0.25, -0.2) is 0 Å². The second-order valence-corrected chi connectivity index (χ2v) is 6.55. The van der Waals surface area contributed by atoms with Crippen LogP contribution >= 0.6 is 11.6 Å². The van der Waals surface area contributed by atoms with Crippen LogP contribution in [0, 0.1) is 0 Å². The third kappa shape index (κ3) is 5.88. The number of carbonyl (C=O) groups is 2. The lowest BCUT2D eigenvalue weighted by molar-refractivity contribution is -0.129. The number of anilines is 1. The first kappa shape index (κ1) is 20.0. The second kappa shape index (κ2) is 9.97. The van der Waals surface area contributed by atoms with E-state index in [1.165, 1.54) is 6.92 Å². The highest BCUT2D eigenvalue weighted by molar-refractivity contribution is 6.30. The molecule has 0 spiro atoms. The van der Waals surface area contributed by atoms with E-state index in [2.05, 4.69) is 0 Å². The minimum Gasteiger partial charge on any atom is -0.342 e. The van der Waals surface area contributed by atoms with E-state index in [0.717, 1.165) is 11.3 Å². The Morgan fingerprint density at radius 3 is 2.35 bits per heavy atom. The van der Waals surface area contributed by atoms with Gasteiger partial charge in [0.2, 0.25) is 11.8 Å². The summed E-state index contributed by atoms with van der Waals surface area (Å²) >= 11 is 6.00. The smallest absolute Gasteiger partial charge is 0.228 e. The number of benzene rings is 2. The molecule has 2 aromatic rings. The molecular weight excluding hydrogens is 348 g/mol. The van der Waals surface area contributed by atoms with Gasteiger partial charge >= 0.3 is 0 Å². The molecule has 5 heteroatoms. The Labute approximate surface area is 160 Å². The Bertz CT molecular complexity index is 734. The van der Waals surface area contributed by atoms with E-state index in [-0.39, 0.29) is 11.8 Å². The zero-order valence-corrected chi connectivity index (χ0v) is 16.1. The average molecular weight is 373 g/mol. The van der Waals surface area contributed by atoms with Gasteiger partial charge in [0.1, 0.15) is 0 Å². The van der Waals surface area contributed by atoms with Crippen molar-refractivity contribution in [1.29, 1.82) is 0 Å². The molecular formula is C21H25ClN2O2. The van der Waals surface area contributed by atoms with Crippen molar-refractivity contribution in [3.05, 3.63) is 65.2 Å². The van der Waals surface area contributed by atoms with Crippen LogP contribution < -0.4 is 4.90 Å². The summed E-state index contributed by atoms with van der Waals surface area (Å²) in [6.45, 7) is 5.08. The zero-order chi connectivity index (χ0) is 18.9. The van der Waals surface area contributed by atoms with Crippen LogP contribution in [0.1, 0.15) is 25.8 Å². The van der Waals surface area contributed by atoms with Crippen molar-refractivity contribution in [2.45, 2.75) is 26.7 Å². The number of amides is 2. The summed E-state index contributed by atoms with van der Waals surface area (Å²) in [6.07, 6.45) is 1.02. The van der Waals surface area contributed by atoms with Gasteiger partial charge in [-0.1, -0.05) is 41.9 Å². The first-order chi connectivity index (χ1) is 12.5. The highest BCUT2D eigenvalue weighted by atomic mass is 35.5. The SMILES string of the molecule is CCN(C(=O)CCN(CCc1cccc(Cl)c1)C(C)=O)c1ccccc1. The van der Waals surface area contributed by atoms with E-state index >= 15 is 0 Å². The third-order valence-electron chi connectivity index (χ3n) is 4.29. The molecule has 0 aromatic heterocycles. The van der Waals surface area contributed by atoms with Gasteiger partial charge in [0.05, 0.1) is 0 Å². The molecule has 0 atom stereocenters. The maximum absolute atomic E-state index is 12.6. The lowest BCUT2D eigenvalue weighted by Gasteiger charge is -2.24. The van der Waals surface area contributed by atoms with Crippen LogP contribution in [0.2, 0.25) is 5.02 Å². The van der Waals surface area contributed by atoms with Crippen LogP contribution in [0.4, 0.5) is 5.69 Å². The quantitative estimate of drug-likeness (QED) is 0.697. The number of hydrogen-bond acceptors (Lipinski definition) is 2. The molecule has 0 aliphatic carbocycles. The fourth-order valence-electron chi connectivity index (χ4n) is 2.86. The minimum atomic E-state index is -0.0254. The van der Waals surface area contributed by atoms with E-state index in [0.29, 0.717) is 37.5 Å². The molecule has 4 nitrogen and oxygen atoms in total. The number of hydrogen-bond donors (Lipinski definition) is 0. The van der Waals surface area contributed by atoms with E-state index < -0.39 is 0 Å². The predicted molar refractivity (Wildman–Crippen MR) is 106 cm³/mol. The molecule has 0 radical (unpaired) electrons. The first-order valence-corrected chi connectivity index (χ1v) is 9.24. The summed E-state index contributed by atoms with van der Waals surface area (Å²) in [5, 5.41) is 0.688. The number of para-hydroxylation sites is 1. The van der Waals surface area contributed by atoms with Crippen LogP contribution in [-0.2, 0) is 16.0 Å². The lowest BCUT2D eigenvalue weighted by Crippen LogP contribution is -2.37. The normalized spacial score (nSPS) is 10.4. The molecule has 2 amide bonds. The van der Waals surface area contributed by atoms with Gasteiger partial charge in [-0.15, -0.1) is 0 Å². The average Bonchev–Trinajstić information content (AvgIpc) is 2.63. The van der Waals surface area contributed by atoms with Crippen LogP contribution in [0.5, 0.6) is 0 Å². The molecule has 26 heavy (non-hydrogen) atoms. The van der Waals surface area contributed by atoms with Crippen molar-refractivity contribution in [1.82, 2.24) is 4.90 Å². The first-order valence-electron chi connectivity index (χ1n) is 8.86. The van der Waals surface area contributed by atoms with Crippen molar-refractivity contribution in [2.75, 3.05) is 24.5 Å². The van der Waals surface area contributed by atoms with Crippen molar-refractivity contribution < 1.29 is 9.59 Å². The number of carbonyl (C=O) groups excluding carboxylic acids is 2. The Hall–Kier alpha value is -2.33. The highest BCUT2D eigenvalue weighted by Gasteiger charge is 2.16. The number of nitrogens with zero attached hydrogens (tertiary/aromatic N) is 2. The van der Waals surface area contributed by atoms with Gasteiger partial charge in [-0.3, -0.25) is 9.59 Å². The highest BCUT2D eigenvalue weighted by Crippen LogP contribution is 2.15. The topological polar surface area (TPSA) is 40.6 Å². The van der Waals surface area contributed by atoms with Crippen LogP contribution in [-0.4, -0.2) is 36.3 Å². The fraction of sp³-hybridized carbons (Fsp3) is 0.333. The molecule has 0 bridgehead atoms. The molecule has 0 saturated heterocycles. The monoisotopic (exact) mass is 372 g/mol. The van der Waals surface area contributed by atoms with Gasteiger partial charge in [0.15, 0.2) is 0 Å². The third-order valence-corrected chi connectivity index (χ3v) is 4.52. The number of rotatable bonds is 8. The summed E-state index contributed by atoms with van der Waals surface area (Å²) in [5.74, 6) is -0.00436. The van der Waals surface area contributed by atoms with Gasteiger partial charge in [-0.2, -0.15) is 0 Å². The van der Waals surface area contributed by atoms with Crippen LogP contribution in [0.15, 0.2) is 54.6 Å². The molecule has 0 unspecified atom stereocenters. The van der Waals surface area contributed by atoms with E-state index in [9.17, 15) is 9.59 Å². The maximum Gasteiger partial charge on any atom is 0.228 e. The summed E-state index contributed by atoms with van der Waals surface area (Å²) in [7, 11) is 0. The standard InChI is InChI=1S/C21H25ClN2O2/c1-3-24(20-10-5-4-6-11-20)21(26)13-15-23(17(2)25)14-12-18-8-7-9-19(22)16-18/h4-11,16H,3,12-15H2,1-2H3. The number of halogens is 1. The van der Waals surface area contributed by atoms with Crippen molar-refractivity contribution >= 4 is 29.1 Å². The van der Waals surface area contributed by atoms with Gasteiger partial charge in [0, 0.05) is 43.7 Å². The van der Waals surface area contributed by atoms with Crippen LogP contribution in [0.25, 0.3) is 0 Å². The van der Waals surface area contributed by atoms with Crippen LogP contribution in [0.3, 0.4) is 0 Å². The second-order valence-electron chi connectivity index (χ2n) is 6.11. The Morgan fingerprint density at radius 2 is 1.73 bits per heavy atom. The minimum absolute atomic E-state index is 0.0210. The molecule has 0 saturated carbocycles. The van der Waals surface area contributed by atoms with E-state index in [1.807, 2.05) is 61.5 Å². The zero-order valence-electron chi connectivity index (χ0n) is 15.3. The van der Waals surface area contributed by atoms with Crippen molar-refractivity contribution in [3.63, 3.8) is 0 Å². The summed E-state index contributed by atoms with van der Waals surface area (Å²) in [4.78, 5) is 28.0. The Balaban J connectivity index is 1.92. The molecule has 0 fully saturated rings. The lowest BCUT2D eigenvalue weighted by atomic mass is 10.1. The van der Waals surface area contributed by atoms with E-state index in [1.54, 1.807) is 9.80 Å². The van der Waals surface area contributed by atoms with Crippen molar-refractivity contribution in [3.8, 4) is 0 Å². The molecule has 138 valence electrons. The van der Waals surface area contributed by atoms with Crippen molar-refractivity contribution in [2.24, 2.45) is 0 Å². The molecule has 0 heterocycles.